The summed E-state index contributed by atoms with van der Waals surface area (Å²) in [5.74, 6) is -1.55. The Morgan fingerprint density at radius 1 is 1.16 bits per heavy atom. The molecule has 2 N–H and O–H groups in total. The molecule has 1 aliphatic carbocycles. The number of carboxylic acids is 1. The highest BCUT2D eigenvalue weighted by atomic mass is 32.2. The summed E-state index contributed by atoms with van der Waals surface area (Å²) in [6.45, 7) is 0.667. The van der Waals surface area contributed by atoms with E-state index in [2.05, 4.69) is 5.32 Å². The van der Waals surface area contributed by atoms with Crippen LogP contribution in [0.2, 0.25) is 0 Å². The van der Waals surface area contributed by atoms with Crippen LogP contribution in [0.5, 0.6) is 0 Å². The van der Waals surface area contributed by atoms with Gasteiger partial charge < -0.3 is 10.4 Å². The van der Waals surface area contributed by atoms with Gasteiger partial charge in [-0.2, -0.15) is 0 Å². The van der Waals surface area contributed by atoms with E-state index >= 15 is 0 Å². The lowest BCUT2D eigenvalue weighted by Crippen LogP contribution is -2.49. The molecular weight excluding hydrogens is 344 g/mol. The molecule has 1 saturated heterocycles. The van der Waals surface area contributed by atoms with Gasteiger partial charge >= 0.3 is 5.97 Å². The van der Waals surface area contributed by atoms with Gasteiger partial charge in [-0.05, 0) is 31.2 Å². The van der Waals surface area contributed by atoms with E-state index in [0.717, 1.165) is 5.56 Å². The third kappa shape index (κ3) is 3.85. The molecule has 1 aromatic carbocycles. The maximum absolute atomic E-state index is 12.5. The van der Waals surface area contributed by atoms with Crippen LogP contribution in [0.4, 0.5) is 0 Å². The molecule has 0 atom stereocenters. The number of carbonyl (C=O) groups is 2. The quantitative estimate of drug-likeness (QED) is 0.730. The Morgan fingerprint density at radius 2 is 1.76 bits per heavy atom. The van der Waals surface area contributed by atoms with Crippen LogP contribution in [0, 0.1) is 5.41 Å². The number of carboxylic acid groups (broad SMARTS) is 1. The number of amides is 1. The van der Waals surface area contributed by atoms with Crippen LogP contribution < -0.4 is 5.32 Å². The van der Waals surface area contributed by atoms with E-state index in [4.69, 9.17) is 5.11 Å². The second-order valence-corrected chi connectivity index (χ2v) is 8.74. The van der Waals surface area contributed by atoms with Gasteiger partial charge in [0.05, 0.1) is 5.75 Å². The number of nitrogens with zero attached hydrogens (tertiary/aromatic N) is 1. The van der Waals surface area contributed by atoms with Crippen LogP contribution in [0.1, 0.15) is 31.2 Å². The SMILES string of the molecule is O=C(O)C1(C(=O)NC2CCN(S(=O)(=O)Cc3ccccc3)CC2)CC1. The van der Waals surface area contributed by atoms with Gasteiger partial charge in [0.15, 0.2) is 0 Å². The minimum absolute atomic E-state index is 0.0347. The van der Waals surface area contributed by atoms with Gasteiger partial charge in [-0.3, -0.25) is 9.59 Å². The molecule has 2 fully saturated rings. The van der Waals surface area contributed by atoms with Crippen LogP contribution in [-0.4, -0.2) is 48.8 Å². The third-order valence-corrected chi connectivity index (χ3v) is 6.82. The number of nitrogens with one attached hydrogen (secondary N) is 1. The summed E-state index contributed by atoms with van der Waals surface area (Å²) in [6, 6.07) is 8.85. The summed E-state index contributed by atoms with van der Waals surface area (Å²) in [7, 11) is -3.39. The van der Waals surface area contributed by atoms with Crippen molar-refractivity contribution in [1.82, 2.24) is 9.62 Å². The molecule has 0 unspecified atom stereocenters. The lowest BCUT2D eigenvalue weighted by molar-refractivity contribution is -0.149. The molecule has 1 heterocycles. The largest absolute Gasteiger partial charge is 0.480 e. The van der Waals surface area contributed by atoms with Gasteiger partial charge in [-0.1, -0.05) is 30.3 Å². The van der Waals surface area contributed by atoms with Crippen LogP contribution in [0.25, 0.3) is 0 Å². The van der Waals surface area contributed by atoms with Crippen molar-refractivity contribution in [3.05, 3.63) is 35.9 Å². The number of hydrogen-bond acceptors (Lipinski definition) is 4. The van der Waals surface area contributed by atoms with E-state index in [-0.39, 0.29) is 11.8 Å². The first-order valence-corrected chi connectivity index (χ1v) is 10.0. The average Bonchev–Trinajstić information content (AvgIpc) is 3.38. The second kappa shape index (κ2) is 6.76. The van der Waals surface area contributed by atoms with E-state index in [0.29, 0.717) is 38.8 Å². The molecule has 1 aliphatic heterocycles. The van der Waals surface area contributed by atoms with Gasteiger partial charge in [0.1, 0.15) is 5.41 Å². The van der Waals surface area contributed by atoms with Crippen molar-refractivity contribution in [3.63, 3.8) is 0 Å². The lowest BCUT2D eigenvalue weighted by atomic mass is 10.0. The molecule has 0 spiro atoms. The maximum atomic E-state index is 12.5. The molecule has 25 heavy (non-hydrogen) atoms. The molecule has 0 radical (unpaired) electrons. The van der Waals surface area contributed by atoms with E-state index in [1.165, 1.54) is 4.31 Å². The Labute approximate surface area is 147 Å². The first-order chi connectivity index (χ1) is 11.8. The van der Waals surface area contributed by atoms with Crippen LogP contribution in [0.15, 0.2) is 30.3 Å². The molecular formula is C17H22N2O5S. The van der Waals surface area contributed by atoms with Crippen molar-refractivity contribution in [2.45, 2.75) is 37.5 Å². The normalized spacial score (nSPS) is 20.8. The molecule has 2 aliphatic rings. The number of piperidine rings is 1. The van der Waals surface area contributed by atoms with Crippen molar-refractivity contribution in [3.8, 4) is 0 Å². The highest BCUT2D eigenvalue weighted by molar-refractivity contribution is 7.88. The van der Waals surface area contributed by atoms with Crippen LogP contribution in [0.3, 0.4) is 0 Å². The van der Waals surface area contributed by atoms with Gasteiger partial charge in [0, 0.05) is 19.1 Å². The molecule has 1 amide bonds. The molecule has 1 saturated carbocycles. The molecule has 0 bridgehead atoms. The first kappa shape index (κ1) is 17.9. The summed E-state index contributed by atoms with van der Waals surface area (Å²) < 4.78 is 26.5. The summed E-state index contributed by atoms with van der Waals surface area (Å²) in [6.07, 6.45) is 1.74. The summed E-state index contributed by atoms with van der Waals surface area (Å²) in [5, 5.41) is 11.9. The molecule has 136 valence electrons. The Bertz CT molecular complexity index is 751. The summed E-state index contributed by atoms with van der Waals surface area (Å²) in [4.78, 5) is 23.3. The number of rotatable bonds is 6. The lowest BCUT2D eigenvalue weighted by Gasteiger charge is -2.32. The molecule has 0 aromatic heterocycles. The van der Waals surface area contributed by atoms with E-state index in [9.17, 15) is 18.0 Å². The Kier molecular flexibility index (Phi) is 4.83. The standard InChI is InChI=1S/C17H22N2O5S/c20-15(17(8-9-17)16(21)22)18-14-6-10-19(11-7-14)25(23,24)12-13-4-2-1-3-5-13/h1-5,14H,6-12H2,(H,18,20)(H,21,22). The number of benzene rings is 1. The monoisotopic (exact) mass is 366 g/mol. The Morgan fingerprint density at radius 3 is 2.28 bits per heavy atom. The smallest absolute Gasteiger partial charge is 0.319 e. The summed E-state index contributed by atoms with van der Waals surface area (Å²) in [5.41, 5.74) is -0.508. The van der Waals surface area contributed by atoms with Crippen LogP contribution in [-0.2, 0) is 25.4 Å². The Hall–Kier alpha value is -1.93. The zero-order valence-corrected chi connectivity index (χ0v) is 14.7. The fourth-order valence-corrected chi connectivity index (χ4v) is 4.70. The minimum Gasteiger partial charge on any atom is -0.480 e. The van der Waals surface area contributed by atoms with Gasteiger partial charge in [0.25, 0.3) is 0 Å². The zero-order chi connectivity index (χ0) is 18.1. The number of aliphatic carboxylic acids is 1. The van der Waals surface area contributed by atoms with Crippen molar-refractivity contribution >= 4 is 21.9 Å². The van der Waals surface area contributed by atoms with E-state index < -0.39 is 27.3 Å². The van der Waals surface area contributed by atoms with Crippen molar-refractivity contribution < 1.29 is 23.1 Å². The average molecular weight is 366 g/mol. The van der Waals surface area contributed by atoms with E-state index in [1.807, 2.05) is 18.2 Å². The zero-order valence-electron chi connectivity index (χ0n) is 13.8. The third-order valence-electron chi connectivity index (χ3n) is 4.97. The Balaban J connectivity index is 1.53. The first-order valence-electron chi connectivity index (χ1n) is 8.40. The molecule has 1 aromatic rings. The molecule has 7 nitrogen and oxygen atoms in total. The number of carbonyl (C=O) groups excluding carboxylic acids is 1. The van der Waals surface area contributed by atoms with Gasteiger partial charge in [-0.25, -0.2) is 12.7 Å². The van der Waals surface area contributed by atoms with Crippen molar-refractivity contribution in [2.24, 2.45) is 5.41 Å². The highest BCUT2D eigenvalue weighted by Crippen LogP contribution is 2.46. The maximum Gasteiger partial charge on any atom is 0.319 e. The predicted molar refractivity (Wildman–Crippen MR) is 91.1 cm³/mol. The van der Waals surface area contributed by atoms with Crippen molar-refractivity contribution in [1.29, 1.82) is 0 Å². The van der Waals surface area contributed by atoms with Gasteiger partial charge in [-0.15, -0.1) is 0 Å². The van der Waals surface area contributed by atoms with E-state index in [1.54, 1.807) is 12.1 Å². The number of sulfonamides is 1. The van der Waals surface area contributed by atoms with Crippen LogP contribution >= 0.6 is 0 Å². The molecule has 3 rings (SSSR count). The second-order valence-electron chi connectivity index (χ2n) is 6.78. The fraction of sp³-hybridized carbons (Fsp3) is 0.529. The van der Waals surface area contributed by atoms with Crippen molar-refractivity contribution in [2.75, 3.05) is 13.1 Å². The summed E-state index contributed by atoms with van der Waals surface area (Å²) >= 11 is 0. The minimum atomic E-state index is -3.39. The fourth-order valence-electron chi connectivity index (χ4n) is 3.14. The predicted octanol–water partition coefficient (Wildman–Crippen LogP) is 0.962. The highest BCUT2D eigenvalue weighted by Gasteiger charge is 2.57. The van der Waals surface area contributed by atoms with Gasteiger partial charge in [0.2, 0.25) is 15.9 Å². The topological polar surface area (TPSA) is 104 Å². The molecule has 8 heteroatoms. The number of hydrogen-bond donors (Lipinski definition) is 2.